The molecule has 1 N–H and O–H groups in total. The predicted molar refractivity (Wildman–Crippen MR) is 168 cm³/mol. The average molecular weight is 436 g/mol. The van der Waals surface area contributed by atoms with Crippen LogP contribution in [0.4, 0.5) is 22.7 Å². The summed E-state index contributed by atoms with van der Waals surface area (Å²) >= 11 is 0. The number of hydrogen-bond acceptors (Lipinski definition) is 2. The smallest absolute Gasteiger partial charge is 0.250 e. The molecule has 3 aromatic carbocycles. The molecule has 13 heteroatoms. The maximum Gasteiger partial charge on any atom is 0.250 e. The first kappa shape index (κ1) is 25.6. The molecule has 0 unspecified atom stereocenters. The first-order valence-corrected chi connectivity index (χ1v) is 11.4. The molecule has 0 fully saturated rings. The fourth-order valence-electron chi connectivity index (χ4n) is 5.63. The van der Waals surface area contributed by atoms with Crippen molar-refractivity contribution in [3.63, 3.8) is 0 Å². The minimum atomic E-state index is -0.586. The number of benzene rings is 3. The summed E-state index contributed by atoms with van der Waals surface area (Å²) in [5.74, 6) is 0. The molecule has 36 heavy (non-hydrogen) atoms. The maximum atomic E-state index is 6.73. The Balaban J connectivity index is 2.10. The largest absolute Gasteiger partial charge is 0.357 e. The molecule has 2 aliphatic heterocycles. The molecule has 2 aliphatic rings. The standard InChI is InChI=1S/C23H13B11N2/c1-5-6(24)7(25)12(30)17-21(5)36(23(2,3)4)22-15(33)10(28)14(32)20-18(22)34(17)16-11(29)8(26)9(27)13(31)19(16)35-20/h35H,1-4H3. The van der Waals surface area contributed by atoms with Gasteiger partial charge >= 0.3 is 0 Å². The van der Waals surface area contributed by atoms with Crippen LogP contribution in [0.2, 0.25) is 0 Å². The molecular formula is C23H13B11N2. The van der Waals surface area contributed by atoms with Gasteiger partial charge in [-0.1, -0.05) is 32.8 Å². The van der Waals surface area contributed by atoms with Crippen LogP contribution in [0, 0.1) is 6.92 Å². The van der Waals surface area contributed by atoms with Crippen molar-refractivity contribution in [3.8, 4) is 0 Å². The van der Waals surface area contributed by atoms with Crippen LogP contribution >= 0.6 is 0 Å². The summed E-state index contributed by atoms with van der Waals surface area (Å²) in [7, 11) is 64.9. The summed E-state index contributed by atoms with van der Waals surface area (Å²) in [4.78, 5) is 2.08. The maximum absolute atomic E-state index is 6.73. The van der Waals surface area contributed by atoms with Crippen LogP contribution < -0.4 is 81.2 Å². The molecule has 0 aliphatic carbocycles. The minimum Gasteiger partial charge on any atom is -0.357 e. The van der Waals surface area contributed by atoms with E-state index in [9.17, 15) is 0 Å². The van der Waals surface area contributed by atoms with E-state index >= 15 is 0 Å². The molecule has 148 valence electrons. The van der Waals surface area contributed by atoms with Crippen molar-refractivity contribution in [2.45, 2.75) is 33.2 Å². The Morgan fingerprint density at radius 3 is 1.53 bits per heavy atom. The van der Waals surface area contributed by atoms with E-state index in [1.807, 2.05) is 27.7 Å². The second-order valence-electron chi connectivity index (χ2n) is 10.5. The van der Waals surface area contributed by atoms with Crippen LogP contribution in [-0.4, -0.2) is 90.7 Å². The van der Waals surface area contributed by atoms with Gasteiger partial charge in [-0.2, -0.15) is 0 Å². The highest BCUT2D eigenvalue weighted by molar-refractivity contribution is 7.05. The molecule has 0 spiro atoms. The minimum absolute atomic E-state index is 0.165. The van der Waals surface area contributed by atoms with E-state index in [0.29, 0.717) is 44.4 Å². The van der Waals surface area contributed by atoms with Gasteiger partial charge in [0.25, 0.3) is 0 Å². The lowest BCUT2D eigenvalue weighted by Crippen LogP contribution is -2.75. The van der Waals surface area contributed by atoms with Crippen LogP contribution in [0.5, 0.6) is 0 Å². The van der Waals surface area contributed by atoms with Crippen LogP contribution in [0.15, 0.2) is 0 Å². The molecule has 0 bridgehead atoms. The van der Waals surface area contributed by atoms with Crippen molar-refractivity contribution in [1.82, 2.24) is 0 Å². The molecule has 3 aromatic rings. The summed E-state index contributed by atoms with van der Waals surface area (Å²) in [5.41, 5.74) is 7.36. The summed E-state index contributed by atoms with van der Waals surface area (Å²) < 4.78 is 0. The Morgan fingerprint density at radius 2 is 0.972 bits per heavy atom. The number of nitrogens with one attached hydrogen (secondary N) is 1. The lowest BCUT2D eigenvalue weighted by molar-refractivity contribution is 0.561. The summed E-state index contributed by atoms with van der Waals surface area (Å²) in [5, 5.41) is 3.33. The number of nitrogens with zero attached hydrogens (tertiary/aromatic N) is 1. The highest BCUT2D eigenvalue weighted by atomic mass is 15.2. The van der Waals surface area contributed by atoms with Gasteiger partial charge in [0, 0.05) is 28.3 Å². The third-order valence-corrected chi connectivity index (χ3v) is 7.45. The van der Waals surface area contributed by atoms with Crippen molar-refractivity contribution in [1.29, 1.82) is 0 Å². The van der Waals surface area contributed by atoms with Gasteiger partial charge in [-0.25, -0.2) is 0 Å². The van der Waals surface area contributed by atoms with Gasteiger partial charge in [0.1, 0.15) is 78.5 Å². The van der Waals surface area contributed by atoms with Crippen LogP contribution in [-0.2, 0) is 0 Å². The summed E-state index contributed by atoms with van der Waals surface area (Å²) in [6, 6.07) is 0. The van der Waals surface area contributed by atoms with Crippen molar-refractivity contribution < 1.29 is 0 Å². The molecule has 0 aromatic heterocycles. The number of anilines is 4. The lowest BCUT2D eigenvalue weighted by atomic mass is 9.29. The van der Waals surface area contributed by atoms with Crippen LogP contribution in [0.25, 0.3) is 0 Å². The number of hydrogen-bond donors (Lipinski definition) is 1. The Morgan fingerprint density at radius 1 is 0.528 bits per heavy atom. The number of fused-ring (bicyclic) bond motifs is 4. The van der Waals surface area contributed by atoms with E-state index in [4.69, 9.17) is 78.5 Å². The Kier molecular flexibility index (Phi) is 5.68. The molecule has 0 amide bonds. The summed E-state index contributed by atoms with van der Waals surface area (Å²) in [6.07, 6.45) is 0. The first-order chi connectivity index (χ1) is 16.6. The normalized spacial score (nSPS) is 13.7. The topological polar surface area (TPSA) is 15.3 Å². The SMILES string of the molecule is [B]c1c([B])c([B])c2c(c1[B])Nc1c([B])c([B])c([B])c3c1B2c1c([B])c([B])c([B])c(C)c1N3C(C)(C)C. The van der Waals surface area contributed by atoms with E-state index in [2.05, 4.69) is 10.2 Å². The molecule has 0 saturated carbocycles. The molecule has 5 rings (SSSR count). The Hall–Kier alpha value is -2.03. The first-order valence-electron chi connectivity index (χ1n) is 11.4. The average Bonchev–Trinajstić information content (AvgIpc) is 2.82. The predicted octanol–water partition coefficient (Wildman–Crippen LogP) is -8.24. The third kappa shape index (κ3) is 3.07. The highest BCUT2D eigenvalue weighted by Gasteiger charge is 2.46. The van der Waals surface area contributed by atoms with Gasteiger partial charge in [0.05, 0.1) is 0 Å². The van der Waals surface area contributed by atoms with E-state index in [1.54, 1.807) is 0 Å². The van der Waals surface area contributed by atoms with Gasteiger partial charge < -0.3 is 10.2 Å². The number of rotatable bonds is 0. The zero-order valence-corrected chi connectivity index (χ0v) is 20.8. The second-order valence-corrected chi connectivity index (χ2v) is 10.5. The quantitative estimate of drug-likeness (QED) is 0.276. The molecule has 0 atom stereocenters. The van der Waals surface area contributed by atoms with Crippen molar-refractivity contribution in [3.05, 3.63) is 5.56 Å². The monoisotopic (exact) mass is 438 g/mol. The van der Waals surface area contributed by atoms with Crippen molar-refractivity contribution in [2.75, 3.05) is 10.2 Å². The van der Waals surface area contributed by atoms with E-state index < -0.39 is 12.3 Å². The molecule has 2 nitrogen and oxygen atoms in total. The van der Waals surface area contributed by atoms with Gasteiger partial charge in [-0.05, 0) is 38.7 Å². The zero-order valence-electron chi connectivity index (χ0n) is 20.8. The van der Waals surface area contributed by atoms with E-state index in [-0.39, 0.29) is 38.2 Å². The Bertz CT molecular complexity index is 1500. The molecule has 0 saturated heterocycles. The van der Waals surface area contributed by atoms with Crippen LogP contribution in [0.1, 0.15) is 26.3 Å². The van der Waals surface area contributed by atoms with Crippen LogP contribution in [0.3, 0.4) is 0 Å². The summed E-state index contributed by atoms with van der Waals surface area (Å²) in [6.45, 7) is 7.45. The van der Waals surface area contributed by atoms with Crippen molar-refractivity contribution in [2.24, 2.45) is 0 Å². The van der Waals surface area contributed by atoms with Crippen molar-refractivity contribution >= 4 is 179 Å². The zero-order chi connectivity index (χ0) is 26.8. The lowest BCUT2D eigenvalue weighted by Gasteiger charge is -2.51. The molecule has 2 heterocycles. The highest BCUT2D eigenvalue weighted by Crippen LogP contribution is 2.37. The fourth-order valence-corrected chi connectivity index (χ4v) is 5.63. The third-order valence-electron chi connectivity index (χ3n) is 7.45. The van der Waals surface area contributed by atoms with E-state index in [1.165, 1.54) is 0 Å². The Labute approximate surface area is 227 Å². The fraction of sp³-hybridized carbons (Fsp3) is 0.217. The van der Waals surface area contributed by atoms with Gasteiger partial charge in [-0.15, -0.1) is 32.8 Å². The van der Waals surface area contributed by atoms with Gasteiger partial charge in [0.15, 0.2) is 0 Å². The molecular weight excluding hydrogens is 423 g/mol. The second kappa shape index (κ2) is 7.99. The van der Waals surface area contributed by atoms with Gasteiger partial charge in [0.2, 0.25) is 6.71 Å². The van der Waals surface area contributed by atoms with Gasteiger partial charge in [-0.3, -0.25) is 0 Å². The van der Waals surface area contributed by atoms with E-state index in [0.717, 1.165) is 16.7 Å². The molecule has 20 radical (unpaired) electrons.